The van der Waals surface area contributed by atoms with Crippen molar-refractivity contribution in [2.45, 2.75) is 6.92 Å². The van der Waals surface area contributed by atoms with Gasteiger partial charge in [0.1, 0.15) is 29.3 Å². The first-order valence-electron chi connectivity index (χ1n) is 13.6. The molecule has 7 rings (SSSR count). The van der Waals surface area contributed by atoms with E-state index in [1.807, 2.05) is 0 Å². The number of pyridine rings is 1. The summed E-state index contributed by atoms with van der Waals surface area (Å²) in [4.78, 5) is 22.3. The molecule has 0 unspecified atom stereocenters. The third kappa shape index (κ3) is 4.42. The Labute approximate surface area is 249 Å². The highest BCUT2D eigenvalue weighted by atomic mass is 32.2. The Balaban J connectivity index is 1.52. The number of benzene rings is 3. The first-order chi connectivity index (χ1) is 21.2. The predicted molar refractivity (Wildman–Crippen MR) is 165 cm³/mol. The monoisotopic (exact) mass is 611 g/mol. The van der Waals surface area contributed by atoms with Crippen LogP contribution >= 0.6 is 0 Å². The molecule has 0 saturated heterocycles. The largest absolute Gasteiger partial charge is 0.455 e. The van der Waals surface area contributed by atoms with E-state index in [0.717, 1.165) is 0 Å². The van der Waals surface area contributed by atoms with E-state index in [2.05, 4.69) is 20.0 Å². The minimum Gasteiger partial charge on any atom is -0.455 e. The fourth-order valence-electron chi connectivity index (χ4n) is 5.40. The normalized spacial score (nSPS) is 12.0. The molecule has 2 N–H and O–H groups in total. The summed E-state index contributed by atoms with van der Waals surface area (Å²) in [5, 5.41) is 4.10. The average Bonchev–Trinajstić information content (AvgIpc) is 3.60. The van der Waals surface area contributed by atoms with Gasteiger partial charge in [-0.3, -0.25) is 18.9 Å². The smallest absolute Gasteiger partial charge is 0.255 e. The Morgan fingerprint density at radius 2 is 1.75 bits per heavy atom. The van der Waals surface area contributed by atoms with Crippen LogP contribution in [0.4, 0.5) is 14.5 Å². The van der Waals surface area contributed by atoms with E-state index in [0.29, 0.717) is 49.5 Å². The molecule has 0 saturated carbocycles. The van der Waals surface area contributed by atoms with Gasteiger partial charge in [-0.2, -0.15) is 0 Å². The molecule has 7 aromatic rings. The number of carbonyl (C=O) groups excluding carboxylic acids is 1. The third-order valence-electron chi connectivity index (χ3n) is 7.61. The summed E-state index contributed by atoms with van der Waals surface area (Å²) in [5.41, 5.74) is 3.70. The molecule has 12 heteroatoms. The molecule has 0 aliphatic heterocycles. The summed E-state index contributed by atoms with van der Waals surface area (Å²) < 4.78 is 64.4. The molecule has 9 nitrogen and oxygen atoms in total. The minimum absolute atomic E-state index is 0.181. The van der Waals surface area contributed by atoms with E-state index in [1.54, 1.807) is 47.3 Å². The van der Waals surface area contributed by atoms with Crippen molar-refractivity contribution in [2.24, 2.45) is 0 Å². The van der Waals surface area contributed by atoms with Crippen LogP contribution in [0.2, 0.25) is 0 Å². The van der Waals surface area contributed by atoms with Crippen molar-refractivity contribution in [1.29, 1.82) is 0 Å². The van der Waals surface area contributed by atoms with Gasteiger partial charge < -0.3 is 9.73 Å². The van der Waals surface area contributed by atoms with E-state index in [9.17, 15) is 22.0 Å². The van der Waals surface area contributed by atoms with Crippen molar-refractivity contribution < 1.29 is 26.4 Å². The van der Waals surface area contributed by atoms with Crippen LogP contribution in [-0.2, 0) is 10.0 Å². The molecule has 0 spiro atoms. The van der Waals surface area contributed by atoms with E-state index >= 15 is 0 Å². The predicted octanol–water partition coefficient (Wildman–Crippen LogP) is 6.52. The highest BCUT2D eigenvalue weighted by Gasteiger charge is 2.25. The van der Waals surface area contributed by atoms with Crippen molar-refractivity contribution in [2.75, 3.05) is 17.5 Å². The molecule has 220 valence electrons. The summed E-state index contributed by atoms with van der Waals surface area (Å²) >= 11 is 0. The van der Waals surface area contributed by atoms with E-state index in [-0.39, 0.29) is 34.2 Å². The van der Waals surface area contributed by atoms with Gasteiger partial charge in [0.05, 0.1) is 45.4 Å². The summed E-state index contributed by atoms with van der Waals surface area (Å²) in [5.74, 6) is -1.26. The number of sulfonamides is 1. The number of hydrogen-bond donors (Lipinski definition) is 2. The second-order valence-corrected chi connectivity index (χ2v) is 12.2. The van der Waals surface area contributed by atoms with Gasteiger partial charge in [-0.05, 0) is 61.5 Å². The zero-order valence-corrected chi connectivity index (χ0v) is 24.2. The van der Waals surface area contributed by atoms with Crippen molar-refractivity contribution in [3.8, 4) is 22.6 Å². The first-order valence-corrected chi connectivity index (χ1v) is 15.3. The summed E-state index contributed by atoms with van der Waals surface area (Å²) in [6.45, 7) is 1.51. The van der Waals surface area contributed by atoms with Crippen molar-refractivity contribution in [3.63, 3.8) is 0 Å². The molecule has 0 bridgehead atoms. The van der Waals surface area contributed by atoms with Gasteiger partial charge in [-0.25, -0.2) is 22.2 Å². The Kier molecular flexibility index (Phi) is 6.32. The molecule has 0 aliphatic rings. The Hall–Kier alpha value is -5.36. The highest BCUT2D eigenvalue weighted by molar-refractivity contribution is 7.92. The minimum atomic E-state index is -3.75. The van der Waals surface area contributed by atoms with Crippen LogP contribution in [0.1, 0.15) is 17.3 Å². The number of fused-ring (bicyclic) bond motifs is 6. The van der Waals surface area contributed by atoms with Crippen LogP contribution < -0.4 is 10.0 Å². The molecule has 1 amide bonds. The number of hydrogen-bond acceptors (Lipinski definition) is 6. The van der Waals surface area contributed by atoms with Crippen LogP contribution in [0.15, 0.2) is 83.7 Å². The number of nitrogens with zero attached hydrogens (tertiary/aromatic N) is 3. The summed E-state index contributed by atoms with van der Waals surface area (Å²) in [6, 6.07) is 16.9. The number of furan rings is 1. The summed E-state index contributed by atoms with van der Waals surface area (Å²) in [6.07, 6.45) is 3.16. The van der Waals surface area contributed by atoms with Crippen molar-refractivity contribution in [3.05, 3.63) is 96.5 Å². The zero-order chi connectivity index (χ0) is 30.7. The standard InChI is InChI=1S/C32H23F2N5O4S/c1-3-44(41,42)38-25-14-29-22(30(32(40)35-2)31(43-29)17-7-9-18(33)10-8-17)11-20(25)24-12-21-26(15-36-24)37-16-39-27-6-4-5-23(34)19(27)13-28(21)39/h4-16,38H,3H2,1-2H3,(H,35,40). The first kappa shape index (κ1) is 27.5. The molecule has 44 heavy (non-hydrogen) atoms. The third-order valence-corrected chi connectivity index (χ3v) is 8.90. The average molecular weight is 612 g/mol. The second-order valence-electron chi connectivity index (χ2n) is 10.2. The van der Waals surface area contributed by atoms with Crippen molar-refractivity contribution in [1.82, 2.24) is 19.7 Å². The molecular formula is C32H23F2N5O4S. The zero-order valence-electron chi connectivity index (χ0n) is 23.4. The number of nitrogens with one attached hydrogen (secondary N) is 2. The molecular weight excluding hydrogens is 588 g/mol. The van der Waals surface area contributed by atoms with Gasteiger partial charge in [0.15, 0.2) is 0 Å². The van der Waals surface area contributed by atoms with Gasteiger partial charge in [0.2, 0.25) is 10.0 Å². The van der Waals surface area contributed by atoms with E-state index < -0.39 is 21.7 Å². The van der Waals surface area contributed by atoms with Crippen LogP contribution in [-0.4, -0.2) is 41.5 Å². The fourth-order valence-corrected chi connectivity index (χ4v) is 6.05. The van der Waals surface area contributed by atoms with Crippen LogP contribution in [0.5, 0.6) is 0 Å². The maximum atomic E-state index is 14.7. The Morgan fingerprint density at radius 1 is 0.955 bits per heavy atom. The van der Waals surface area contributed by atoms with Crippen LogP contribution in [0.3, 0.4) is 0 Å². The maximum Gasteiger partial charge on any atom is 0.255 e. The molecule has 4 aromatic heterocycles. The van der Waals surface area contributed by atoms with E-state index in [4.69, 9.17) is 4.42 Å². The molecule has 4 heterocycles. The highest BCUT2D eigenvalue weighted by Crippen LogP contribution is 2.40. The van der Waals surface area contributed by atoms with Gasteiger partial charge in [-0.1, -0.05) is 6.07 Å². The number of amides is 1. The lowest BCUT2D eigenvalue weighted by Gasteiger charge is -2.13. The second kappa shape index (κ2) is 10.1. The van der Waals surface area contributed by atoms with Gasteiger partial charge in [0, 0.05) is 40.4 Å². The Bertz CT molecular complexity index is 2400. The lowest BCUT2D eigenvalue weighted by Crippen LogP contribution is -2.18. The topological polar surface area (TPSA) is 119 Å². The lowest BCUT2D eigenvalue weighted by molar-refractivity contribution is 0.0964. The number of carbonyl (C=O) groups is 1. The van der Waals surface area contributed by atoms with Gasteiger partial charge in [0.25, 0.3) is 5.91 Å². The number of halogens is 2. The van der Waals surface area contributed by atoms with Crippen LogP contribution in [0.25, 0.3) is 60.9 Å². The molecule has 0 radical (unpaired) electrons. The summed E-state index contributed by atoms with van der Waals surface area (Å²) in [7, 11) is -2.27. The molecule has 0 fully saturated rings. The SMILES string of the molecule is CCS(=O)(=O)Nc1cc2oc(-c3ccc(F)cc3)c(C(=O)NC)c2cc1-c1cc2c(cn1)ncn1c3cccc(F)c3cc21. The quantitative estimate of drug-likeness (QED) is 0.221. The van der Waals surface area contributed by atoms with Crippen LogP contribution in [0, 0.1) is 11.6 Å². The number of rotatable bonds is 6. The molecule has 3 aromatic carbocycles. The van der Waals surface area contributed by atoms with Crippen molar-refractivity contribution >= 4 is 59.9 Å². The fraction of sp³-hybridized carbons (Fsp3) is 0.0938. The van der Waals surface area contributed by atoms with E-state index in [1.165, 1.54) is 50.4 Å². The molecule has 0 atom stereocenters. The number of aromatic nitrogens is 3. The Morgan fingerprint density at radius 3 is 2.50 bits per heavy atom. The maximum absolute atomic E-state index is 14.7. The number of anilines is 1. The van der Waals surface area contributed by atoms with Gasteiger partial charge in [-0.15, -0.1) is 0 Å². The molecule has 0 aliphatic carbocycles. The lowest BCUT2D eigenvalue weighted by atomic mass is 10.0. The van der Waals surface area contributed by atoms with Gasteiger partial charge >= 0.3 is 0 Å².